The maximum absolute atomic E-state index is 12.8. The average molecular weight is 369 g/mol. The molecule has 0 saturated heterocycles. The number of nitro benzene ring substituents is 1. The van der Waals surface area contributed by atoms with Crippen LogP contribution in [0.5, 0.6) is 5.75 Å². The Bertz CT molecular complexity index is 929. The Morgan fingerprint density at radius 1 is 1.15 bits per heavy atom. The monoisotopic (exact) mass is 369 g/mol. The molecule has 2 aliphatic rings. The fourth-order valence-corrected chi connectivity index (χ4v) is 4.23. The number of hydrogen-bond acceptors (Lipinski definition) is 5. The Labute approximate surface area is 157 Å². The third kappa shape index (κ3) is 3.48. The van der Waals surface area contributed by atoms with Crippen molar-refractivity contribution < 1.29 is 14.4 Å². The Morgan fingerprint density at radius 3 is 2.59 bits per heavy atom. The number of nitrogens with zero attached hydrogens (tertiary/aromatic N) is 1. The number of fused-ring (bicyclic) bond motifs is 1. The molecule has 1 fully saturated rings. The van der Waals surface area contributed by atoms with Gasteiger partial charge in [0.2, 0.25) is 0 Å². The van der Waals surface area contributed by atoms with Crippen molar-refractivity contribution in [2.45, 2.75) is 57.3 Å². The van der Waals surface area contributed by atoms with Crippen molar-refractivity contribution in [1.29, 1.82) is 0 Å². The summed E-state index contributed by atoms with van der Waals surface area (Å²) in [5.74, 6) is 0.491. The van der Waals surface area contributed by atoms with Crippen molar-refractivity contribution in [1.82, 2.24) is 0 Å². The first-order valence-electron chi connectivity index (χ1n) is 9.68. The molecule has 0 spiro atoms. The molecule has 6 nitrogen and oxygen atoms in total. The second kappa shape index (κ2) is 7.18. The van der Waals surface area contributed by atoms with E-state index in [4.69, 9.17) is 4.42 Å². The molecular weight excluding hydrogens is 346 g/mol. The molecule has 0 bridgehead atoms. The second-order valence-corrected chi connectivity index (χ2v) is 7.63. The van der Waals surface area contributed by atoms with E-state index in [1.54, 1.807) is 12.1 Å². The minimum atomic E-state index is -0.504. The molecule has 1 N–H and O–H groups in total. The second-order valence-electron chi connectivity index (χ2n) is 7.63. The number of non-ortho nitro benzene ring substituents is 1. The highest BCUT2D eigenvalue weighted by Crippen LogP contribution is 2.49. The summed E-state index contributed by atoms with van der Waals surface area (Å²) >= 11 is 0. The summed E-state index contributed by atoms with van der Waals surface area (Å²) in [5.41, 5.74) is 1.21. The van der Waals surface area contributed by atoms with Crippen molar-refractivity contribution in [3.05, 3.63) is 67.3 Å². The lowest BCUT2D eigenvalue weighted by atomic mass is 9.85. The largest absolute Gasteiger partial charge is 0.507 e. The molecule has 0 radical (unpaired) electrons. The zero-order valence-electron chi connectivity index (χ0n) is 15.1. The van der Waals surface area contributed by atoms with Crippen LogP contribution >= 0.6 is 0 Å². The molecule has 1 unspecified atom stereocenters. The molecule has 1 atom stereocenters. The molecule has 0 amide bonds. The van der Waals surface area contributed by atoms with Gasteiger partial charge in [-0.05, 0) is 43.6 Å². The van der Waals surface area contributed by atoms with Gasteiger partial charge in [0.25, 0.3) is 5.69 Å². The predicted octanol–water partition coefficient (Wildman–Crippen LogP) is 4.45. The van der Waals surface area contributed by atoms with E-state index in [1.165, 1.54) is 12.1 Å². The third-order valence-corrected chi connectivity index (χ3v) is 5.74. The van der Waals surface area contributed by atoms with Crippen LogP contribution in [-0.4, -0.2) is 10.0 Å². The molecule has 4 rings (SSSR count). The van der Waals surface area contributed by atoms with Gasteiger partial charge in [-0.3, -0.25) is 10.1 Å². The maximum atomic E-state index is 12.8. The van der Waals surface area contributed by atoms with Gasteiger partial charge in [0, 0.05) is 30.0 Å². The van der Waals surface area contributed by atoms with Gasteiger partial charge in [0.15, 0.2) is 0 Å². The molecule has 6 heteroatoms. The Kier molecular flexibility index (Phi) is 4.72. The van der Waals surface area contributed by atoms with Crippen molar-refractivity contribution in [2.75, 3.05) is 0 Å². The fourth-order valence-electron chi connectivity index (χ4n) is 4.23. The molecule has 2 aliphatic carbocycles. The van der Waals surface area contributed by atoms with E-state index < -0.39 is 10.5 Å². The van der Waals surface area contributed by atoms with Gasteiger partial charge in [0.05, 0.1) is 10.5 Å². The first kappa shape index (κ1) is 17.8. The van der Waals surface area contributed by atoms with Gasteiger partial charge in [-0.2, -0.15) is 0 Å². The zero-order valence-corrected chi connectivity index (χ0v) is 15.1. The Balaban J connectivity index is 1.84. The van der Waals surface area contributed by atoms with E-state index in [0.29, 0.717) is 24.2 Å². The lowest BCUT2D eigenvalue weighted by molar-refractivity contribution is -0.384. The maximum Gasteiger partial charge on any atom is 0.343 e. The standard InChI is InChI=1S/C21H23NO5/c23-20-16-8-3-1-2-4-9-17(16)27-21(24)19(20)18(13-10-11-13)14-6-5-7-15(12-14)22(25)26/h5-7,12-13,18,23H,1-4,8-11H2. The van der Waals surface area contributed by atoms with E-state index in [9.17, 15) is 20.0 Å². The van der Waals surface area contributed by atoms with Crippen LogP contribution in [0.4, 0.5) is 5.69 Å². The van der Waals surface area contributed by atoms with Gasteiger partial charge in [-0.1, -0.05) is 25.0 Å². The average Bonchev–Trinajstić information content (AvgIpc) is 3.45. The first-order chi connectivity index (χ1) is 13.1. The molecule has 2 aromatic rings. The van der Waals surface area contributed by atoms with Crippen LogP contribution in [0.2, 0.25) is 0 Å². The van der Waals surface area contributed by atoms with Crippen LogP contribution in [0.3, 0.4) is 0 Å². The number of aromatic hydroxyl groups is 1. The molecule has 1 aromatic carbocycles. The fraction of sp³-hybridized carbons (Fsp3) is 0.476. The highest BCUT2D eigenvalue weighted by atomic mass is 16.6. The van der Waals surface area contributed by atoms with Crippen molar-refractivity contribution in [2.24, 2.45) is 5.92 Å². The Hall–Kier alpha value is -2.63. The normalized spacial score (nSPS) is 18.2. The quantitative estimate of drug-likeness (QED) is 0.634. The SMILES string of the molecule is O=c1oc2c(c(O)c1C(c1cccc([N+](=O)[O-])c1)C1CC1)CCCCCC2. The molecule has 1 heterocycles. The summed E-state index contributed by atoms with van der Waals surface area (Å²) in [4.78, 5) is 23.6. The van der Waals surface area contributed by atoms with E-state index in [0.717, 1.165) is 44.1 Å². The summed E-state index contributed by atoms with van der Waals surface area (Å²) in [5, 5.41) is 22.2. The van der Waals surface area contributed by atoms with E-state index in [-0.39, 0.29) is 28.8 Å². The van der Waals surface area contributed by atoms with Crippen molar-refractivity contribution >= 4 is 5.69 Å². The first-order valence-corrected chi connectivity index (χ1v) is 9.68. The molecular formula is C21H23NO5. The van der Waals surface area contributed by atoms with Crippen molar-refractivity contribution in [3.8, 4) is 5.75 Å². The molecule has 1 aromatic heterocycles. The lowest BCUT2D eigenvalue weighted by Gasteiger charge is -2.21. The van der Waals surface area contributed by atoms with Gasteiger partial charge in [0.1, 0.15) is 11.5 Å². The zero-order chi connectivity index (χ0) is 19.0. The van der Waals surface area contributed by atoms with Crippen LogP contribution in [0.15, 0.2) is 33.5 Å². The van der Waals surface area contributed by atoms with Gasteiger partial charge in [-0.15, -0.1) is 0 Å². The smallest absolute Gasteiger partial charge is 0.343 e. The number of rotatable bonds is 4. The highest BCUT2D eigenvalue weighted by Gasteiger charge is 2.38. The van der Waals surface area contributed by atoms with E-state index in [1.807, 2.05) is 0 Å². The van der Waals surface area contributed by atoms with Crippen LogP contribution in [0, 0.1) is 16.0 Å². The van der Waals surface area contributed by atoms with Gasteiger partial charge >= 0.3 is 5.63 Å². The Morgan fingerprint density at radius 2 is 1.89 bits per heavy atom. The van der Waals surface area contributed by atoms with Crippen LogP contribution < -0.4 is 5.63 Å². The van der Waals surface area contributed by atoms with E-state index >= 15 is 0 Å². The highest BCUT2D eigenvalue weighted by molar-refractivity contribution is 5.49. The van der Waals surface area contributed by atoms with Gasteiger partial charge in [-0.25, -0.2) is 4.79 Å². The number of benzene rings is 1. The summed E-state index contributed by atoms with van der Waals surface area (Å²) in [6, 6.07) is 6.38. The number of aryl methyl sites for hydroxylation is 1. The molecule has 142 valence electrons. The summed E-state index contributed by atoms with van der Waals surface area (Å²) in [7, 11) is 0. The molecule has 1 saturated carbocycles. The number of hydrogen-bond donors (Lipinski definition) is 1. The summed E-state index contributed by atoms with van der Waals surface area (Å²) < 4.78 is 5.66. The minimum absolute atomic E-state index is 0.00623. The lowest BCUT2D eigenvalue weighted by Crippen LogP contribution is -2.19. The molecule has 27 heavy (non-hydrogen) atoms. The molecule has 0 aliphatic heterocycles. The van der Waals surface area contributed by atoms with E-state index in [2.05, 4.69) is 0 Å². The number of nitro groups is 1. The summed E-state index contributed by atoms with van der Waals surface area (Å²) in [6.07, 6.45) is 7.35. The summed E-state index contributed by atoms with van der Waals surface area (Å²) in [6.45, 7) is 0. The third-order valence-electron chi connectivity index (χ3n) is 5.74. The van der Waals surface area contributed by atoms with Gasteiger partial charge < -0.3 is 9.52 Å². The van der Waals surface area contributed by atoms with Crippen LogP contribution in [0.25, 0.3) is 0 Å². The topological polar surface area (TPSA) is 93.6 Å². The minimum Gasteiger partial charge on any atom is -0.507 e. The van der Waals surface area contributed by atoms with Crippen LogP contribution in [0.1, 0.15) is 66.9 Å². The van der Waals surface area contributed by atoms with Crippen LogP contribution in [-0.2, 0) is 12.8 Å². The predicted molar refractivity (Wildman–Crippen MR) is 100 cm³/mol. The van der Waals surface area contributed by atoms with Crippen molar-refractivity contribution in [3.63, 3.8) is 0 Å².